The first-order valence-electron chi connectivity index (χ1n) is 4.51. The average Bonchev–Trinajstić information content (AvgIpc) is 2.19. The van der Waals surface area contributed by atoms with Gasteiger partial charge in [-0.15, -0.1) is 0 Å². The number of oxime groups is 1. The lowest BCUT2D eigenvalue weighted by atomic mass is 9.96. The van der Waals surface area contributed by atoms with E-state index >= 15 is 0 Å². The standard InChI is InChI=1S/C9H14N2O2/c1-7(6-10)13-9-4-2-8(11-12)3-5-9/h7,9,12H,2-5H2,1H3. The first-order chi connectivity index (χ1) is 6.26. The Balaban J connectivity index is 2.30. The van der Waals surface area contributed by atoms with E-state index in [1.807, 2.05) is 6.07 Å². The van der Waals surface area contributed by atoms with Crippen molar-refractivity contribution in [3.8, 4) is 6.07 Å². The van der Waals surface area contributed by atoms with Gasteiger partial charge in [0.15, 0.2) is 0 Å². The number of hydrogen-bond acceptors (Lipinski definition) is 4. The van der Waals surface area contributed by atoms with Gasteiger partial charge in [0.1, 0.15) is 6.10 Å². The molecule has 1 fully saturated rings. The lowest BCUT2D eigenvalue weighted by Crippen LogP contribution is -2.24. The molecule has 0 bridgehead atoms. The molecule has 4 nitrogen and oxygen atoms in total. The summed E-state index contributed by atoms with van der Waals surface area (Å²) in [6.45, 7) is 1.75. The number of ether oxygens (including phenoxy) is 1. The molecule has 72 valence electrons. The fourth-order valence-electron chi connectivity index (χ4n) is 1.48. The van der Waals surface area contributed by atoms with Gasteiger partial charge in [0.05, 0.1) is 17.9 Å². The van der Waals surface area contributed by atoms with Crippen LogP contribution < -0.4 is 0 Å². The van der Waals surface area contributed by atoms with Crippen molar-refractivity contribution in [3.63, 3.8) is 0 Å². The molecule has 0 aromatic heterocycles. The lowest BCUT2D eigenvalue weighted by Gasteiger charge is -2.23. The molecular weight excluding hydrogens is 168 g/mol. The Hall–Kier alpha value is -1.08. The number of rotatable bonds is 2. The molecule has 0 heterocycles. The van der Waals surface area contributed by atoms with E-state index in [0.717, 1.165) is 31.4 Å². The Morgan fingerprint density at radius 3 is 2.69 bits per heavy atom. The maximum absolute atomic E-state index is 8.52. The second-order valence-electron chi connectivity index (χ2n) is 3.27. The second-order valence-corrected chi connectivity index (χ2v) is 3.27. The summed E-state index contributed by atoms with van der Waals surface area (Å²) in [5, 5.41) is 20.2. The van der Waals surface area contributed by atoms with Gasteiger partial charge in [-0.05, 0) is 32.6 Å². The van der Waals surface area contributed by atoms with Crippen molar-refractivity contribution in [2.75, 3.05) is 0 Å². The average molecular weight is 182 g/mol. The summed E-state index contributed by atoms with van der Waals surface area (Å²) in [7, 11) is 0. The van der Waals surface area contributed by atoms with E-state index in [2.05, 4.69) is 5.16 Å². The summed E-state index contributed by atoms with van der Waals surface area (Å²) in [6, 6.07) is 2.04. The van der Waals surface area contributed by atoms with Crippen LogP contribution in [0.25, 0.3) is 0 Å². The molecule has 1 saturated carbocycles. The van der Waals surface area contributed by atoms with E-state index in [-0.39, 0.29) is 12.2 Å². The van der Waals surface area contributed by atoms with Crippen molar-refractivity contribution in [2.24, 2.45) is 5.16 Å². The number of nitrogens with zero attached hydrogens (tertiary/aromatic N) is 2. The molecule has 0 aliphatic heterocycles. The highest BCUT2D eigenvalue weighted by Gasteiger charge is 2.20. The molecule has 13 heavy (non-hydrogen) atoms. The zero-order chi connectivity index (χ0) is 9.68. The first-order valence-corrected chi connectivity index (χ1v) is 4.51. The van der Waals surface area contributed by atoms with Crippen molar-refractivity contribution in [3.05, 3.63) is 0 Å². The molecule has 0 spiro atoms. The van der Waals surface area contributed by atoms with Crippen LogP contribution in [0.5, 0.6) is 0 Å². The van der Waals surface area contributed by atoms with Crippen molar-refractivity contribution in [1.82, 2.24) is 0 Å². The van der Waals surface area contributed by atoms with E-state index in [1.165, 1.54) is 0 Å². The summed E-state index contributed by atoms with van der Waals surface area (Å²) in [6.07, 6.45) is 3.08. The topological polar surface area (TPSA) is 65.6 Å². The molecule has 1 aliphatic carbocycles. The summed E-state index contributed by atoms with van der Waals surface area (Å²) < 4.78 is 5.44. The van der Waals surface area contributed by atoms with E-state index in [9.17, 15) is 0 Å². The van der Waals surface area contributed by atoms with E-state index < -0.39 is 0 Å². The maximum Gasteiger partial charge on any atom is 0.141 e. The molecular formula is C9H14N2O2. The van der Waals surface area contributed by atoms with Gasteiger partial charge in [-0.25, -0.2) is 0 Å². The number of hydrogen-bond donors (Lipinski definition) is 1. The fraction of sp³-hybridized carbons (Fsp3) is 0.778. The van der Waals surface area contributed by atoms with Crippen molar-refractivity contribution < 1.29 is 9.94 Å². The van der Waals surface area contributed by atoms with Crippen LogP contribution in [0.4, 0.5) is 0 Å². The van der Waals surface area contributed by atoms with Gasteiger partial charge in [-0.2, -0.15) is 5.26 Å². The predicted molar refractivity (Wildman–Crippen MR) is 47.6 cm³/mol. The zero-order valence-corrected chi connectivity index (χ0v) is 7.73. The minimum atomic E-state index is -0.336. The first kappa shape index (κ1) is 10.0. The van der Waals surface area contributed by atoms with Crippen molar-refractivity contribution >= 4 is 5.71 Å². The van der Waals surface area contributed by atoms with Gasteiger partial charge in [0, 0.05) is 0 Å². The minimum absolute atomic E-state index is 0.153. The Labute approximate surface area is 77.8 Å². The molecule has 0 aromatic carbocycles. The van der Waals surface area contributed by atoms with E-state index in [4.69, 9.17) is 15.2 Å². The van der Waals surface area contributed by atoms with Gasteiger partial charge in [-0.1, -0.05) is 5.16 Å². The Bertz CT molecular complexity index is 222. The molecule has 1 N–H and O–H groups in total. The third kappa shape index (κ3) is 3.03. The highest BCUT2D eigenvalue weighted by Crippen LogP contribution is 2.19. The molecule has 1 rings (SSSR count). The third-order valence-corrected chi connectivity index (χ3v) is 2.23. The normalized spacial score (nSPS) is 24.9. The Morgan fingerprint density at radius 1 is 1.62 bits per heavy atom. The second kappa shape index (κ2) is 4.83. The van der Waals surface area contributed by atoms with Gasteiger partial charge >= 0.3 is 0 Å². The van der Waals surface area contributed by atoms with Crippen molar-refractivity contribution in [1.29, 1.82) is 5.26 Å². The van der Waals surface area contributed by atoms with Gasteiger partial charge in [0.2, 0.25) is 0 Å². The third-order valence-electron chi connectivity index (χ3n) is 2.23. The molecule has 1 aliphatic rings. The van der Waals surface area contributed by atoms with Crippen LogP contribution in [0.1, 0.15) is 32.6 Å². The minimum Gasteiger partial charge on any atom is -0.411 e. The Kier molecular flexibility index (Phi) is 3.71. The molecule has 4 heteroatoms. The quantitative estimate of drug-likeness (QED) is 0.522. The van der Waals surface area contributed by atoms with Gasteiger partial charge in [0.25, 0.3) is 0 Å². The summed E-state index contributed by atoms with van der Waals surface area (Å²) in [4.78, 5) is 0. The molecule has 0 aromatic rings. The molecule has 1 atom stereocenters. The molecule has 1 unspecified atom stereocenters. The highest BCUT2D eigenvalue weighted by molar-refractivity contribution is 5.84. The summed E-state index contributed by atoms with van der Waals surface area (Å²) >= 11 is 0. The van der Waals surface area contributed by atoms with E-state index in [1.54, 1.807) is 6.92 Å². The fourth-order valence-corrected chi connectivity index (χ4v) is 1.48. The highest BCUT2D eigenvalue weighted by atomic mass is 16.5. The van der Waals surface area contributed by atoms with Crippen LogP contribution in [0, 0.1) is 11.3 Å². The largest absolute Gasteiger partial charge is 0.411 e. The molecule has 0 amide bonds. The number of nitriles is 1. The smallest absolute Gasteiger partial charge is 0.141 e. The Morgan fingerprint density at radius 2 is 2.23 bits per heavy atom. The predicted octanol–water partition coefficient (Wildman–Crippen LogP) is 1.69. The SMILES string of the molecule is CC(C#N)OC1CCC(=NO)CC1. The van der Waals surface area contributed by atoms with Gasteiger partial charge < -0.3 is 9.94 Å². The van der Waals surface area contributed by atoms with Crippen LogP contribution in [-0.4, -0.2) is 23.1 Å². The molecule has 0 radical (unpaired) electrons. The monoisotopic (exact) mass is 182 g/mol. The van der Waals surface area contributed by atoms with Crippen LogP contribution >= 0.6 is 0 Å². The van der Waals surface area contributed by atoms with E-state index in [0.29, 0.717) is 0 Å². The van der Waals surface area contributed by atoms with Gasteiger partial charge in [-0.3, -0.25) is 0 Å². The van der Waals surface area contributed by atoms with Crippen LogP contribution in [0.15, 0.2) is 5.16 Å². The zero-order valence-electron chi connectivity index (χ0n) is 7.73. The lowest BCUT2D eigenvalue weighted by molar-refractivity contribution is 0.0147. The van der Waals surface area contributed by atoms with Crippen LogP contribution in [-0.2, 0) is 4.74 Å². The molecule has 0 saturated heterocycles. The van der Waals surface area contributed by atoms with Crippen LogP contribution in [0.2, 0.25) is 0 Å². The van der Waals surface area contributed by atoms with Crippen molar-refractivity contribution in [2.45, 2.75) is 44.8 Å². The maximum atomic E-state index is 8.52. The summed E-state index contributed by atoms with van der Waals surface area (Å²) in [5.74, 6) is 0. The van der Waals surface area contributed by atoms with Crippen LogP contribution in [0.3, 0.4) is 0 Å². The summed E-state index contributed by atoms with van der Waals surface area (Å²) in [5.41, 5.74) is 0.837.